The average molecular weight is 1180 g/mol. The highest BCUT2D eigenvalue weighted by Crippen LogP contribution is 2.52. The summed E-state index contributed by atoms with van der Waals surface area (Å²) in [4.78, 5) is 3.01. The molecule has 0 heterocycles. The molecule has 0 saturated carbocycles. The maximum Gasteiger partial charge on any atom is 0.155 e. The first kappa shape index (κ1) is 45.4. The molecule has 0 aliphatic heterocycles. The fourth-order valence-corrected chi connectivity index (χ4v) is 16.4. The Morgan fingerprint density at radius 1 is 0.321 bits per heavy atom. The lowest BCUT2D eigenvalue weighted by atomic mass is 9.90. The van der Waals surface area contributed by atoms with Gasteiger partial charge in [-0.3, -0.25) is 0 Å². The summed E-state index contributed by atoms with van der Waals surface area (Å²) in [7, 11) is -7.95. The molecule has 0 atom stereocenters. The Kier molecular flexibility index (Phi) is 11.7. The second-order valence-corrected chi connectivity index (χ2v) is 46.5. The van der Waals surface area contributed by atoms with Crippen molar-refractivity contribution in [3.8, 4) is 44.5 Å². The molecule has 0 fully saturated rings. The zero-order valence-corrected chi connectivity index (χ0v) is 53.8. The summed E-state index contributed by atoms with van der Waals surface area (Å²) in [6, 6.07) is 48.1. The first-order valence-corrected chi connectivity index (χ1v) is 42.7. The molecule has 0 bridgehead atoms. The third kappa shape index (κ3) is 10.5. The summed E-state index contributed by atoms with van der Waals surface area (Å²) in [5, 5.41) is 8.07. The van der Waals surface area contributed by atoms with Gasteiger partial charge in [-0.2, -0.15) is 0 Å². The van der Waals surface area contributed by atoms with Crippen LogP contribution in [-0.2, 0) is 0 Å². The quantitative estimate of drug-likeness (QED) is 0.0791. The van der Waals surface area contributed by atoms with E-state index in [4.69, 9.17) is 2.74 Å². The van der Waals surface area contributed by atoms with Crippen molar-refractivity contribution in [1.82, 2.24) is 0 Å². The van der Waals surface area contributed by atoms with Gasteiger partial charge in [0.2, 0.25) is 0 Å². The normalized spacial score (nSPS) is 14.1. The summed E-state index contributed by atoms with van der Waals surface area (Å²) >= 11 is 0. The van der Waals surface area contributed by atoms with Gasteiger partial charge in [0.15, 0.2) is 11.6 Å². The number of hydrogen-bond donors (Lipinski definition) is 0. The molecule has 12 aromatic rings. The van der Waals surface area contributed by atoms with E-state index in [0.29, 0.717) is 65.7 Å². The Hall–Kier alpha value is -7.99. The Morgan fingerprint density at radius 3 is 0.917 bits per heavy atom. The predicted octanol–water partition coefficient (Wildman–Crippen LogP) is 20.7. The number of rotatable bonds is 14. The van der Waals surface area contributed by atoms with Gasteiger partial charge in [0, 0.05) is 44.4 Å². The Labute approximate surface area is 514 Å². The summed E-state index contributed by atoms with van der Waals surface area (Å²) in [6.07, 6.45) is 0. The van der Waals surface area contributed by atoms with E-state index in [1.165, 1.54) is 9.80 Å². The number of anilines is 6. The monoisotopic (exact) mass is 1170 g/mol. The second kappa shape index (κ2) is 21.6. The molecular weight excluding hydrogens is 1090 g/mol. The van der Waals surface area contributed by atoms with E-state index in [2.05, 4.69) is 115 Å². The predicted molar refractivity (Wildman–Crippen MR) is 373 cm³/mol. The minimum absolute atomic E-state index is 0.0401. The molecule has 0 spiro atoms. The van der Waals surface area contributed by atoms with E-state index in [-0.39, 0.29) is 45.3 Å². The van der Waals surface area contributed by atoms with E-state index in [0.717, 1.165) is 20.7 Å². The van der Waals surface area contributed by atoms with E-state index in [1.54, 1.807) is 24.3 Å². The first-order chi connectivity index (χ1) is 44.2. The van der Waals surface area contributed by atoms with Crippen molar-refractivity contribution in [3.63, 3.8) is 0 Å². The molecule has 0 aliphatic rings. The molecule has 12 rings (SSSR count). The smallest absolute Gasteiger partial charge is 0.155 e. The zero-order chi connectivity index (χ0) is 67.7. The highest BCUT2D eigenvalue weighted by molar-refractivity contribution is 6.90. The van der Waals surface area contributed by atoms with Crippen LogP contribution >= 0.6 is 0 Å². The molecule has 0 radical (unpaired) electrons. The van der Waals surface area contributed by atoms with Crippen LogP contribution in [0.4, 0.5) is 42.9 Å². The van der Waals surface area contributed by atoms with E-state index in [9.17, 15) is 11.0 Å². The summed E-state index contributed by atoms with van der Waals surface area (Å²) in [5.74, 6) is -1.36. The topological polar surface area (TPSA) is 6.48 Å². The number of halogens is 2. The summed E-state index contributed by atoms with van der Waals surface area (Å²) in [5.41, 5.74) is 3.82. The fraction of sp³-hybridized carbons (Fsp3) is 0.158. The lowest BCUT2D eigenvalue weighted by Gasteiger charge is -2.32. The minimum atomic E-state index is -2.02. The van der Waals surface area contributed by atoms with Crippen LogP contribution in [-0.4, -0.2) is 32.3 Å². The Morgan fingerprint density at radius 2 is 0.607 bits per heavy atom. The van der Waals surface area contributed by atoms with Crippen molar-refractivity contribution in [1.29, 1.82) is 0 Å². The Balaban J connectivity index is 1.22. The van der Waals surface area contributed by atoms with Gasteiger partial charge in [-0.25, -0.2) is 8.78 Å². The van der Waals surface area contributed by atoms with Crippen molar-refractivity contribution in [2.45, 2.75) is 78.6 Å². The van der Waals surface area contributed by atoms with Gasteiger partial charge < -0.3 is 9.80 Å². The molecule has 12 aromatic carbocycles. The number of hydrogen-bond acceptors (Lipinski definition) is 2. The highest BCUT2D eigenvalue weighted by Gasteiger charge is 2.31. The largest absolute Gasteiger partial charge is 0.307 e. The molecule has 0 aromatic heterocycles. The molecule has 0 aliphatic carbocycles. The molecule has 84 heavy (non-hydrogen) atoms. The van der Waals surface area contributed by atoms with Gasteiger partial charge in [-0.05, 0) is 80.1 Å². The summed E-state index contributed by atoms with van der Waals surface area (Å²) in [6.45, 7) is 26.7. The van der Waals surface area contributed by atoms with Gasteiger partial charge in [0.1, 0.15) is 0 Å². The maximum atomic E-state index is 19.3. The molecule has 8 heteroatoms. The van der Waals surface area contributed by atoms with Crippen molar-refractivity contribution in [2.75, 3.05) is 9.80 Å². The number of benzene rings is 12. The van der Waals surface area contributed by atoms with Crippen LogP contribution < -0.4 is 30.5 Å². The van der Waals surface area contributed by atoms with Gasteiger partial charge >= 0.3 is 0 Å². The van der Waals surface area contributed by atoms with Crippen LogP contribution in [0.1, 0.15) is 13.7 Å². The third-order valence-electron chi connectivity index (χ3n) is 16.4. The molecule has 0 amide bonds. The molecule has 0 unspecified atom stereocenters. The van der Waals surface area contributed by atoms with E-state index < -0.39 is 104 Å². The number of para-hydroxylation sites is 2. The SMILES string of the molecule is [2H]c1c([2H])c([2H])c(N(c2c(-c3cccc([Si](C)(C)C)c3)ccc(-c3cccc([Si](C)(C)C)c3)c2F)c2ccc3ccc4c(N(c5c([2H])c([2H])c([2H])c([2H])c5[2H])c5c(-c6cccc([Si](C)(C)C)c6)ccc(-c6cccc([Si](C)(C)C)c6)c5F)ccc5ccc2c3c54)c([2H])c1[2H]. The van der Waals surface area contributed by atoms with E-state index in [1.807, 2.05) is 109 Å². The Bertz CT molecular complexity index is 4720. The second-order valence-electron chi connectivity index (χ2n) is 26.2. The van der Waals surface area contributed by atoms with Gasteiger partial charge in [-0.1, -0.05) is 293 Å². The van der Waals surface area contributed by atoms with Gasteiger partial charge in [0.05, 0.1) is 68.8 Å². The average Bonchev–Trinajstić information content (AvgIpc) is 0.712. The lowest BCUT2D eigenvalue weighted by Crippen LogP contribution is -2.37. The van der Waals surface area contributed by atoms with Crippen LogP contribution in [0.2, 0.25) is 78.6 Å². The molecule has 0 saturated heterocycles. The van der Waals surface area contributed by atoms with Crippen LogP contribution in [0.5, 0.6) is 0 Å². The van der Waals surface area contributed by atoms with Crippen LogP contribution in [0.25, 0.3) is 76.8 Å². The lowest BCUT2D eigenvalue weighted by molar-refractivity contribution is 0.632. The minimum Gasteiger partial charge on any atom is -0.307 e. The molecule has 2 nitrogen and oxygen atoms in total. The van der Waals surface area contributed by atoms with Crippen molar-refractivity contribution in [2.24, 2.45) is 0 Å². The maximum absolute atomic E-state index is 19.3. The molecular formula is C76H74F2N2Si4. The van der Waals surface area contributed by atoms with Crippen LogP contribution in [0.15, 0.2) is 230 Å². The van der Waals surface area contributed by atoms with Crippen molar-refractivity contribution in [3.05, 3.63) is 242 Å². The van der Waals surface area contributed by atoms with Crippen LogP contribution in [0.3, 0.4) is 0 Å². The molecule has 418 valence electrons. The standard InChI is InChI=1S/C76H74F2N2Si4/c1-81(2,3)59-31-19-23-53(47-59)63-41-43-65(55-25-21-33-61(49-55)83(7,8)9)75(73(63)77)79(57-27-15-13-16-28-57)69-45-37-51-36-40-68-70(46-38-52-35-39-67(69)71(51)72(52)68)80(58-29-17-14-18-30-58)76-66(56-26-22-34-62(50-56)84(10,11)12)44-42-64(74(76)78)54-24-20-32-60(48-54)82(4,5)6/h13-50H,1-12H3/i13D,14D,15D,16D,17D,18D,27D,28D,29D,30D. The van der Waals surface area contributed by atoms with Gasteiger partial charge in [-0.15, -0.1) is 0 Å². The third-order valence-corrected chi connectivity index (χ3v) is 24.5. The number of nitrogens with zero attached hydrogens (tertiary/aromatic N) is 2. The summed E-state index contributed by atoms with van der Waals surface area (Å²) < 4.78 is 132. The highest BCUT2D eigenvalue weighted by atomic mass is 28.3. The van der Waals surface area contributed by atoms with Crippen molar-refractivity contribution >= 4 is 119 Å². The fourth-order valence-electron chi connectivity index (χ4n) is 11.7. The zero-order valence-electron chi connectivity index (χ0n) is 59.8. The van der Waals surface area contributed by atoms with Gasteiger partial charge in [0.25, 0.3) is 0 Å². The van der Waals surface area contributed by atoms with Crippen molar-refractivity contribution < 1.29 is 22.5 Å². The molecule has 0 N–H and O–H groups in total. The van der Waals surface area contributed by atoms with E-state index >= 15 is 8.78 Å². The van der Waals surface area contributed by atoms with Crippen LogP contribution in [0, 0.1) is 11.6 Å². The first-order valence-electron chi connectivity index (χ1n) is 33.7.